The van der Waals surface area contributed by atoms with Crippen LogP contribution >= 0.6 is 0 Å². The largest absolute Gasteiger partial charge is 0.480 e. The van der Waals surface area contributed by atoms with E-state index >= 15 is 0 Å². The highest BCUT2D eigenvalue weighted by atomic mass is 16.4. The molecule has 96 valence electrons. The molecule has 0 fully saturated rings. The molecule has 0 saturated carbocycles. The molecule has 1 aliphatic carbocycles. The maximum atomic E-state index is 11.2. The summed E-state index contributed by atoms with van der Waals surface area (Å²) in [5.74, 6) is -1.48. The number of carbonyl (C=O) groups is 1. The smallest absolute Gasteiger partial charge is 0.451 e. The number of carboxylic acids is 1. The number of aliphatic carboxylic acids is 1. The fraction of sp³-hybridized carbons (Fsp3) is 0.700. The highest BCUT2D eigenvalue weighted by molar-refractivity contribution is 6.40. The van der Waals surface area contributed by atoms with Gasteiger partial charge in [-0.2, -0.15) is 0 Å². The number of hydrogen-bond acceptors (Lipinski definition) is 5. The first kappa shape index (κ1) is 14.2. The van der Waals surface area contributed by atoms with E-state index in [1.165, 1.54) is 6.08 Å². The third-order valence-corrected chi connectivity index (χ3v) is 3.28. The number of carboxylic acid groups (broad SMARTS) is 1. The summed E-state index contributed by atoms with van der Waals surface area (Å²) < 4.78 is 0. The summed E-state index contributed by atoms with van der Waals surface area (Å²) in [5.41, 5.74) is 10.3. The van der Waals surface area contributed by atoms with Gasteiger partial charge >= 0.3 is 13.1 Å². The highest BCUT2D eigenvalue weighted by Gasteiger charge is 2.44. The molecule has 3 atom stereocenters. The third-order valence-electron chi connectivity index (χ3n) is 3.28. The Bertz CT molecular complexity index is 311. The molecular formula is C10H19BN2O4. The van der Waals surface area contributed by atoms with Gasteiger partial charge in [0.25, 0.3) is 0 Å². The molecule has 1 aliphatic rings. The Morgan fingerprint density at radius 3 is 2.71 bits per heavy atom. The Kier molecular flexibility index (Phi) is 4.70. The average molecular weight is 242 g/mol. The quantitative estimate of drug-likeness (QED) is 0.308. The van der Waals surface area contributed by atoms with Crippen molar-refractivity contribution in [3.63, 3.8) is 0 Å². The lowest BCUT2D eigenvalue weighted by Crippen LogP contribution is -2.59. The van der Waals surface area contributed by atoms with E-state index < -0.39 is 18.6 Å². The van der Waals surface area contributed by atoms with Gasteiger partial charge in [-0.15, -0.1) is 0 Å². The summed E-state index contributed by atoms with van der Waals surface area (Å²) in [6.07, 6.45) is 4.91. The molecule has 1 rings (SSSR count). The standard InChI is InChI=1S/C10H19BN2O4/c12-8-4-1-5-10(13,9(14)15)7(8)3-2-6-11(16)17/h1,5,7-8,16-17H,2-4,6,12-13H2,(H,14,15)/t7-,8+,10?/m0/s1. The Morgan fingerprint density at radius 1 is 1.53 bits per heavy atom. The van der Waals surface area contributed by atoms with Gasteiger partial charge in [0, 0.05) is 12.0 Å². The molecule has 7 N–H and O–H groups in total. The second kappa shape index (κ2) is 5.64. The lowest BCUT2D eigenvalue weighted by atomic mass is 9.71. The zero-order chi connectivity index (χ0) is 13.1. The van der Waals surface area contributed by atoms with E-state index in [1.54, 1.807) is 6.08 Å². The zero-order valence-electron chi connectivity index (χ0n) is 9.62. The Balaban J connectivity index is 2.70. The molecule has 0 radical (unpaired) electrons. The van der Waals surface area contributed by atoms with E-state index in [1.807, 2.05) is 0 Å². The van der Waals surface area contributed by atoms with Crippen LogP contribution in [0.15, 0.2) is 12.2 Å². The van der Waals surface area contributed by atoms with Crippen molar-refractivity contribution in [1.29, 1.82) is 0 Å². The van der Waals surface area contributed by atoms with Crippen molar-refractivity contribution in [1.82, 2.24) is 0 Å². The normalized spacial score (nSPS) is 32.5. The molecule has 0 heterocycles. The van der Waals surface area contributed by atoms with Crippen LogP contribution in [0.3, 0.4) is 0 Å². The minimum atomic E-state index is -1.45. The minimum Gasteiger partial charge on any atom is -0.480 e. The van der Waals surface area contributed by atoms with Crippen LogP contribution < -0.4 is 11.5 Å². The fourth-order valence-electron chi connectivity index (χ4n) is 2.27. The van der Waals surface area contributed by atoms with Crippen LogP contribution in [-0.2, 0) is 4.79 Å². The van der Waals surface area contributed by atoms with Gasteiger partial charge in [0.2, 0.25) is 0 Å². The Hall–Kier alpha value is -0.885. The van der Waals surface area contributed by atoms with Crippen LogP contribution in [0.1, 0.15) is 19.3 Å². The molecule has 0 aromatic carbocycles. The zero-order valence-corrected chi connectivity index (χ0v) is 9.62. The summed E-state index contributed by atoms with van der Waals surface area (Å²) in [7, 11) is -1.37. The van der Waals surface area contributed by atoms with Crippen molar-refractivity contribution in [2.24, 2.45) is 17.4 Å². The monoisotopic (exact) mass is 242 g/mol. The molecule has 6 nitrogen and oxygen atoms in total. The van der Waals surface area contributed by atoms with E-state index in [9.17, 15) is 4.79 Å². The molecule has 17 heavy (non-hydrogen) atoms. The van der Waals surface area contributed by atoms with Crippen LogP contribution in [0.2, 0.25) is 6.32 Å². The Morgan fingerprint density at radius 2 is 2.18 bits per heavy atom. The number of nitrogens with two attached hydrogens (primary N) is 2. The summed E-state index contributed by atoms with van der Waals surface area (Å²) in [6, 6.07) is -0.308. The highest BCUT2D eigenvalue weighted by Crippen LogP contribution is 2.30. The first-order valence-electron chi connectivity index (χ1n) is 5.69. The number of rotatable bonds is 5. The molecule has 0 saturated heterocycles. The van der Waals surface area contributed by atoms with Gasteiger partial charge in [0.15, 0.2) is 0 Å². The summed E-state index contributed by atoms with van der Waals surface area (Å²) in [5, 5.41) is 26.7. The Labute approximate surface area is 100 Å². The first-order chi connectivity index (χ1) is 7.88. The lowest BCUT2D eigenvalue weighted by Gasteiger charge is -2.38. The van der Waals surface area contributed by atoms with Crippen LogP contribution in [0.4, 0.5) is 0 Å². The van der Waals surface area contributed by atoms with Crippen molar-refractivity contribution in [3.05, 3.63) is 12.2 Å². The van der Waals surface area contributed by atoms with Crippen molar-refractivity contribution in [2.45, 2.75) is 37.2 Å². The molecule has 0 bridgehead atoms. The van der Waals surface area contributed by atoms with Gasteiger partial charge in [0.1, 0.15) is 5.54 Å². The molecule has 1 unspecified atom stereocenters. The van der Waals surface area contributed by atoms with Crippen LogP contribution in [0, 0.1) is 5.92 Å². The molecule has 0 aromatic rings. The van der Waals surface area contributed by atoms with E-state index in [-0.39, 0.29) is 18.3 Å². The van der Waals surface area contributed by atoms with Gasteiger partial charge in [0.05, 0.1) is 0 Å². The minimum absolute atomic E-state index is 0.197. The van der Waals surface area contributed by atoms with Crippen molar-refractivity contribution < 1.29 is 19.9 Å². The second-order valence-electron chi connectivity index (χ2n) is 4.56. The predicted molar refractivity (Wildman–Crippen MR) is 64.0 cm³/mol. The summed E-state index contributed by atoms with van der Waals surface area (Å²) in [6.45, 7) is 0. The number of hydrogen-bond donors (Lipinski definition) is 5. The van der Waals surface area contributed by atoms with Gasteiger partial charge in [-0.25, -0.2) is 4.79 Å². The van der Waals surface area contributed by atoms with E-state index in [0.717, 1.165) is 0 Å². The van der Waals surface area contributed by atoms with E-state index in [0.29, 0.717) is 19.3 Å². The fourth-order valence-corrected chi connectivity index (χ4v) is 2.27. The van der Waals surface area contributed by atoms with Crippen LogP contribution in [0.5, 0.6) is 0 Å². The third kappa shape index (κ3) is 3.29. The van der Waals surface area contributed by atoms with Gasteiger partial charge in [-0.3, -0.25) is 0 Å². The van der Waals surface area contributed by atoms with Crippen molar-refractivity contribution >= 4 is 13.1 Å². The summed E-state index contributed by atoms with van der Waals surface area (Å²) in [4.78, 5) is 11.2. The molecule has 0 aliphatic heterocycles. The topological polar surface area (TPSA) is 130 Å². The van der Waals surface area contributed by atoms with Crippen molar-refractivity contribution in [3.8, 4) is 0 Å². The van der Waals surface area contributed by atoms with Gasteiger partial charge in [-0.05, 0) is 19.2 Å². The van der Waals surface area contributed by atoms with Gasteiger partial charge < -0.3 is 26.6 Å². The molecular weight excluding hydrogens is 223 g/mol. The van der Waals surface area contributed by atoms with Gasteiger partial charge in [-0.1, -0.05) is 18.6 Å². The van der Waals surface area contributed by atoms with Crippen LogP contribution in [0.25, 0.3) is 0 Å². The molecule has 0 spiro atoms. The first-order valence-corrected chi connectivity index (χ1v) is 5.69. The van der Waals surface area contributed by atoms with E-state index in [2.05, 4.69) is 0 Å². The SMILES string of the molecule is N[C@@H]1CC=CC(N)(C(=O)O)[C@H]1CCCB(O)O. The summed E-state index contributed by atoms with van der Waals surface area (Å²) >= 11 is 0. The van der Waals surface area contributed by atoms with Crippen LogP contribution in [-0.4, -0.2) is 39.8 Å². The molecule has 0 amide bonds. The molecule has 0 aromatic heterocycles. The van der Waals surface area contributed by atoms with E-state index in [4.69, 9.17) is 26.6 Å². The molecule has 7 heteroatoms. The predicted octanol–water partition coefficient (Wildman–Crippen LogP) is -1.08. The lowest BCUT2D eigenvalue weighted by molar-refractivity contribution is -0.144. The second-order valence-corrected chi connectivity index (χ2v) is 4.56. The van der Waals surface area contributed by atoms with Crippen molar-refractivity contribution in [2.75, 3.05) is 0 Å². The maximum Gasteiger partial charge on any atom is 0.451 e. The maximum absolute atomic E-state index is 11.2. The average Bonchev–Trinajstić information content (AvgIpc) is 2.22.